The Balaban J connectivity index is 1.24. The monoisotopic (exact) mass is 436 g/mol. The Morgan fingerprint density at radius 1 is 1.12 bits per heavy atom. The van der Waals surface area contributed by atoms with E-state index in [1.807, 2.05) is 23.6 Å². The van der Waals surface area contributed by atoms with Crippen LogP contribution in [0.3, 0.4) is 0 Å². The minimum absolute atomic E-state index is 0.167. The van der Waals surface area contributed by atoms with Gasteiger partial charge in [0.25, 0.3) is 0 Å². The highest BCUT2D eigenvalue weighted by Gasteiger charge is 2.29. The number of imidazole rings is 1. The average Bonchev–Trinajstić information content (AvgIpc) is 3.36. The first-order valence-corrected chi connectivity index (χ1v) is 11.9. The van der Waals surface area contributed by atoms with Gasteiger partial charge in [0.05, 0.1) is 18.9 Å². The molecule has 0 bridgehead atoms. The van der Waals surface area contributed by atoms with Crippen LogP contribution in [0.4, 0.5) is 0 Å². The Kier molecular flexibility index (Phi) is 7.45. The third-order valence-corrected chi connectivity index (χ3v) is 7.07. The first-order chi connectivity index (χ1) is 15.6. The minimum atomic E-state index is 0.167. The summed E-state index contributed by atoms with van der Waals surface area (Å²) in [4.78, 5) is 25.8. The molecule has 32 heavy (non-hydrogen) atoms. The molecule has 2 atom stereocenters. The zero-order valence-electron chi connectivity index (χ0n) is 19.4. The van der Waals surface area contributed by atoms with Crippen LogP contribution in [0, 0.1) is 11.8 Å². The first kappa shape index (κ1) is 22.4. The second-order valence-electron chi connectivity index (χ2n) is 9.20. The molecule has 1 amide bonds. The van der Waals surface area contributed by atoms with Gasteiger partial charge >= 0.3 is 0 Å². The lowest BCUT2D eigenvalue weighted by atomic mass is 9.90. The van der Waals surface area contributed by atoms with Gasteiger partial charge in [-0.25, -0.2) is 4.98 Å². The molecule has 1 aromatic carbocycles. The van der Waals surface area contributed by atoms with Crippen molar-refractivity contribution < 1.29 is 4.79 Å². The number of nitrogens with one attached hydrogen (secondary N) is 1. The highest BCUT2D eigenvalue weighted by molar-refractivity contribution is 5.86. The molecule has 0 aliphatic carbocycles. The molecule has 2 aliphatic heterocycles. The Labute approximate surface area is 191 Å². The number of piperidine rings is 2. The number of hydrogen-bond donors (Lipinski definition) is 1. The molecule has 2 saturated heterocycles. The van der Waals surface area contributed by atoms with Gasteiger partial charge in [0.2, 0.25) is 5.91 Å². The number of aliphatic imine (C=N–C) groups is 1. The van der Waals surface area contributed by atoms with Gasteiger partial charge in [-0.15, -0.1) is 0 Å². The van der Waals surface area contributed by atoms with E-state index >= 15 is 0 Å². The maximum Gasteiger partial charge on any atom is 0.241 e. The lowest BCUT2D eigenvalue weighted by Crippen LogP contribution is -2.51. The molecular weight excluding hydrogens is 400 g/mol. The summed E-state index contributed by atoms with van der Waals surface area (Å²) in [7, 11) is 1.80. The van der Waals surface area contributed by atoms with Crippen LogP contribution in [0.25, 0.3) is 0 Å². The highest BCUT2D eigenvalue weighted by Crippen LogP contribution is 2.27. The molecule has 7 heteroatoms. The van der Waals surface area contributed by atoms with E-state index in [4.69, 9.17) is 0 Å². The van der Waals surface area contributed by atoms with Gasteiger partial charge in [0.1, 0.15) is 0 Å². The summed E-state index contributed by atoms with van der Waals surface area (Å²) >= 11 is 0. The Morgan fingerprint density at radius 3 is 2.56 bits per heavy atom. The number of hydrogen-bond acceptors (Lipinski definition) is 3. The predicted octanol–water partition coefficient (Wildman–Crippen LogP) is 2.82. The number of benzene rings is 1. The molecule has 1 aromatic heterocycles. The van der Waals surface area contributed by atoms with Crippen molar-refractivity contribution in [1.82, 2.24) is 24.7 Å². The van der Waals surface area contributed by atoms with Gasteiger partial charge in [-0.1, -0.05) is 37.3 Å². The van der Waals surface area contributed by atoms with E-state index < -0.39 is 0 Å². The maximum atomic E-state index is 12.8. The minimum Gasteiger partial charge on any atom is -0.347 e. The van der Waals surface area contributed by atoms with Crippen molar-refractivity contribution in [2.45, 2.75) is 38.6 Å². The van der Waals surface area contributed by atoms with E-state index in [1.54, 1.807) is 7.05 Å². The van der Waals surface area contributed by atoms with Gasteiger partial charge in [-0.05, 0) is 43.1 Å². The maximum absolute atomic E-state index is 12.8. The number of carbonyl (C=O) groups excluding carboxylic acids is 1. The lowest BCUT2D eigenvalue weighted by molar-refractivity contribution is -0.131. The standard InChI is InChI=1S/C25H36N6O/c1-20-8-12-30(18-23(20)31-15-11-27-19-31)25(26-2)28-17-24(32)29-13-9-22(10-14-29)16-21-6-4-3-5-7-21/h3-7,11,15,19-20,22-23H,8-10,12-14,16-18H2,1-2H3,(H,26,28). The molecule has 2 fully saturated rings. The van der Waals surface area contributed by atoms with Gasteiger partial charge in [-0.2, -0.15) is 0 Å². The van der Waals surface area contributed by atoms with E-state index in [0.717, 1.165) is 57.8 Å². The smallest absolute Gasteiger partial charge is 0.241 e. The SMILES string of the molecule is CN=C(NCC(=O)N1CCC(Cc2ccccc2)CC1)N1CCC(C)C(n2ccnc2)C1. The van der Waals surface area contributed by atoms with Crippen LogP contribution >= 0.6 is 0 Å². The zero-order valence-corrected chi connectivity index (χ0v) is 19.4. The van der Waals surface area contributed by atoms with Gasteiger partial charge in [0.15, 0.2) is 5.96 Å². The molecule has 0 radical (unpaired) electrons. The lowest BCUT2D eigenvalue weighted by Gasteiger charge is -2.39. The van der Waals surface area contributed by atoms with Crippen molar-refractivity contribution >= 4 is 11.9 Å². The van der Waals surface area contributed by atoms with Crippen LogP contribution in [-0.4, -0.2) is 71.0 Å². The largest absolute Gasteiger partial charge is 0.347 e. The van der Waals surface area contributed by atoms with Crippen molar-refractivity contribution in [3.8, 4) is 0 Å². The zero-order chi connectivity index (χ0) is 22.3. The van der Waals surface area contributed by atoms with Crippen molar-refractivity contribution in [2.24, 2.45) is 16.8 Å². The summed E-state index contributed by atoms with van der Waals surface area (Å²) in [5.41, 5.74) is 1.40. The van der Waals surface area contributed by atoms with Crippen LogP contribution in [0.2, 0.25) is 0 Å². The normalized spacial score (nSPS) is 22.8. The van der Waals surface area contributed by atoms with E-state index in [9.17, 15) is 4.79 Å². The van der Waals surface area contributed by atoms with E-state index in [-0.39, 0.29) is 5.91 Å². The predicted molar refractivity (Wildman–Crippen MR) is 127 cm³/mol. The van der Waals surface area contributed by atoms with Crippen LogP contribution in [0.5, 0.6) is 0 Å². The van der Waals surface area contributed by atoms with Crippen molar-refractivity contribution in [3.05, 3.63) is 54.6 Å². The summed E-state index contributed by atoms with van der Waals surface area (Å²) < 4.78 is 2.19. The molecule has 1 N–H and O–H groups in total. The van der Waals surface area contributed by atoms with E-state index in [2.05, 4.69) is 62.0 Å². The summed E-state index contributed by atoms with van der Waals surface area (Å²) in [5, 5.41) is 3.33. The highest BCUT2D eigenvalue weighted by atomic mass is 16.2. The fourth-order valence-electron chi connectivity index (χ4n) is 5.03. The topological polar surface area (TPSA) is 65.8 Å². The molecule has 3 heterocycles. The Hall–Kier alpha value is -2.83. The molecule has 2 aliphatic rings. The fourth-order valence-corrected chi connectivity index (χ4v) is 5.03. The van der Waals surface area contributed by atoms with E-state index in [0.29, 0.717) is 24.4 Å². The molecular formula is C25H36N6O. The fraction of sp³-hybridized carbons (Fsp3) is 0.560. The average molecular weight is 437 g/mol. The number of aromatic nitrogens is 2. The van der Waals surface area contributed by atoms with Crippen molar-refractivity contribution in [3.63, 3.8) is 0 Å². The Bertz CT molecular complexity index is 873. The molecule has 7 nitrogen and oxygen atoms in total. The first-order valence-electron chi connectivity index (χ1n) is 11.9. The number of likely N-dealkylation sites (tertiary alicyclic amines) is 2. The van der Waals surface area contributed by atoms with Crippen molar-refractivity contribution in [2.75, 3.05) is 39.8 Å². The third kappa shape index (κ3) is 5.50. The molecule has 0 saturated carbocycles. The quantitative estimate of drug-likeness (QED) is 0.578. The van der Waals surface area contributed by atoms with Crippen LogP contribution < -0.4 is 5.32 Å². The number of rotatable bonds is 5. The second kappa shape index (κ2) is 10.7. The van der Waals surface area contributed by atoms with E-state index in [1.165, 1.54) is 5.56 Å². The molecule has 2 unspecified atom stereocenters. The number of nitrogens with zero attached hydrogens (tertiary/aromatic N) is 5. The molecule has 0 spiro atoms. The number of guanidine groups is 1. The Morgan fingerprint density at radius 2 is 1.88 bits per heavy atom. The summed E-state index contributed by atoms with van der Waals surface area (Å²) in [6.07, 6.45) is 10.1. The number of carbonyl (C=O) groups is 1. The summed E-state index contributed by atoms with van der Waals surface area (Å²) in [6, 6.07) is 11.0. The van der Waals surface area contributed by atoms with Gasteiger partial charge in [0, 0.05) is 45.6 Å². The van der Waals surface area contributed by atoms with Crippen molar-refractivity contribution in [1.29, 1.82) is 0 Å². The summed E-state index contributed by atoms with van der Waals surface area (Å²) in [5.74, 6) is 2.23. The molecule has 2 aromatic rings. The molecule has 172 valence electrons. The summed E-state index contributed by atoms with van der Waals surface area (Å²) in [6.45, 7) is 6.11. The van der Waals surface area contributed by atoms with Crippen LogP contribution in [-0.2, 0) is 11.2 Å². The van der Waals surface area contributed by atoms with Crippen LogP contribution in [0.15, 0.2) is 54.0 Å². The number of amides is 1. The second-order valence-corrected chi connectivity index (χ2v) is 9.20. The third-order valence-electron chi connectivity index (χ3n) is 7.07. The van der Waals surface area contributed by atoms with Gasteiger partial charge in [-0.3, -0.25) is 9.79 Å². The molecule has 4 rings (SSSR count). The van der Waals surface area contributed by atoms with Crippen LogP contribution in [0.1, 0.15) is 37.8 Å². The van der Waals surface area contributed by atoms with Gasteiger partial charge < -0.3 is 19.7 Å².